The number of morpholine rings is 1. The van der Waals surface area contributed by atoms with Crippen LogP contribution in [0.5, 0.6) is 0 Å². The van der Waals surface area contributed by atoms with Gasteiger partial charge in [-0.25, -0.2) is 0 Å². The average molecular weight is 236 g/mol. The third-order valence-electron chi connectivity index (χ3n) is 3.63. The van der Waals surface area contributed by atoms with Gasteiger partial charge >= 0.3 is 0 Å². The van der Waals surface area contributed by atoms with Crippen molar-refractivity contribution >= 4 is 5.91 Å². The number of fused-ring (bicyclic) bond motifs is 1. The second-order valence-electron chi connectivity index (χ2n) is 4.68. The smallest absolute Gasteiger partial charge is 0.257 e. The van der Waals surface area contributed by atoms with Crippen molar-refractivity contribution < 1.29 is 13.9 Å². The van der Waals surface area contributed by atoms with E-state index < -0.39 is 0 Å². The quantitative estimate of drug-likeness (QED) is 0.709. The zero-order chi connectivity index (χ0) is 11.8. The van der Waals surface area contributed by atoms with E-state index >= 15 is 0 Å². The number of ether oxygens (including phenoxy) is 1. The Balaban J connectivity index is 1.73. The predicted molar refractivity (Wildman–Crippen MR) is 60.8 cm³/mol. The van der Waals surface area contributed by atoms with E-state index in [1.54, 1.807) is 6.07 Å². The van der Waals surface area contributed by atoms with Crippen LogP contribution in [0.3, 0.4) is 0 Å². The van der Waals surface area contributed by atoms with Gasteiger partial charge in [0.05, 0.1) is 30.6 Å². The predicted octanol–water partition coefficient (Wildman–Crippen LogP) is 0.435. The molecule has 3 rings (SSSR count). The molecule has 17 heavy (non-hydrogen) atoms. The number of carbonyl (C=O) groups is 1. The number of amides is 1. The Morgan fingerprint density at radius 1 is 1.47 bits per heavy atom. The van der Waals surface area contributed by atoms with Crippen LogP contribution in [-0.2, 0) is 4.74 Å². The molecule has 0 radical (unpaired) electrons. The molecule has 0 spiro atoms. The summed E-state index contributed by atoms with van der Waals surface area (Å²) in [6.07, 6.45) is 3.18. The summed E-state index contributed by atoms with van der Waals surface area (Å²) < 4.78 is 10.7. The maximum Gasteiger partial charge on any atom is 0.257 e. The van der Waals surface area contributed by atoms with Crippen molar-refractivity contribution in [2.45, 2.75) is 12.1 Å². The van der Waals surface area contributed by atoms with Gasteiger partial charge < -0.3 is 14.1 Å². The van der Waals surface area contributed by atoms with Crippen molar-refractivity contribution in [1.82, 2.24) is 9.80 Å². The summed E-state index contributed by atoms with van der Waals surface area (Å²) in [5.74, 6) is 0.0325. The highest BCUT2D eigenvalue weighted by Crippen LogP contribution is 2.23. The van der Waals surface area contributed by atoms with E-state index in [2.05, 4.69) is 11.9 Å². The number of furan rings is 1. The van der Waals surface area contributed by atoms with Crippen molar-refractivity contribution in [2.75, 3.05) is 33.3 Å². The van der Waals surface area contributed by atoms with Gasteiger partial charge in [-0.05, 0) is 13.1 Å². The molecule has 2 aliphatic rings. The highest BCUT2D eigenvalue weighted by molar-refractivity contribution is 5.94. The first-order valence-corrected chi connectivity index (χ1v) is 5.89. The first kappa shape index (κ1) is 10.8. The summed E-state index contributed by atoms with van der Waals surface area (Å²) in [7, 11) is 2.09. The van der Waals surface area contributed by atoms with Crippen LogP contribution in [0.15, 0.2) is 23.0 Å². The Labute approximate surface area is 99.9 Å². The van der Waals surface area contributed by atoms with E-state index in [-0.39, 0.29) is 12.0 Å². The number of rotatable bonds is 1. The Hall–Kier alpha value is -1.33. The Morgan fingerprint density at radius 2 is 2.35 bits per heavy atom. The Bertz CT molecular complexity index is 404. The van der Waals surface area contributed by atoms with E-state index in [0.717, 1.165) is 19.7 Å². The highest BCUT2D eigenvalue weighted by Gasteiger charge is 2.40. The van der Waals surface area contributed by atoms with Crippen LogP contribution in [0.1, 0.15) is 10.4 Å². The molecule has 92 valence electrons. The largest absolute Gasteiger partial charge is 0.472 e. The molecule has 5 nitrogen and oxygen atoms in total. The normalized spacial score (nSPS) is 29.4. The zero-order valence-electron chi connectivity index (χ0n) is 9.83. The number of likely N-dealkylation sites (tertiary alicyclic amines) is 1. The van der Waals surface area contributed by atoms with E-state index in [0.29, 0.717) is 18.2 Å². The molecule has 1 aromatic heterocycles. The second-order valence-corrected chi connectivity index (χ2v) is 4.68. The molecule has 0 aromatic carbocycles. The minimum atomic E-state index is 0.0325. The van der Waals surface area contributed by atoms with Crippen LogP contribution in [0.4, 0.5) is 0 Å². The van der Waals surface area contributed by atoms with Crippen LogP contribution in [-0.4, -0.2) is 61.1 Å². The first-order valence-electron chi connectivity index (χ1n) is 5.89. The van der Waals surface area contributed by atoms with Gasteiger partial charge in [-0.2, -0.15) is 0 Å². The summed E-state index contributed by atoms with van der Waals surface area (Å²) in [5.41, 5.74) is 0.617. The molecule has 0 bridgehead atoms. The van der Waals surface area contributed by atoms with E-state index in [9.17, 15) is 4.79 Å². The standard InChI is InChI=1S/C12H16N2O3/c1-13-3-5-17-11-7-14(6-10(11)13)12(15)9-2-4-16-8-9/h2,4,8,10-11H,3,5-7H2,1H3/t10-,11+/m1/s1. The highest BCUT2D eigenvalue weighted by atomic mass is 16.5. The summed E-state index contributed by atoms with van der Waals surface area (Å²) in [5, 5.41) is 0. The number of nitrogens with zero attached hydrogens (tertiary/aromatic N) is 2. The molecular weight excluding hydrogens is 220 g/mol. The number of likely N-dealkylation sites (N-methyl/N-ethyl adjacent to an activating group) is 1. The average Bonchev–Trinajstić information content (AvgIpc) is 2.98. The molecule has 2 aliphatic heterocycles. The molecule has 0 aliphatic carbocycles. The van der Waals surface area contributed by atoms with Crippen molar-refractivity contribution in [3.63, 3.8) is 0 Å². The third kappa shape index (κ3) is 1.85. The summed E-state index contributed by atoms with van der Waals surface area (Å²) >= 11 is 0. The molecule has 2 fully saturated rings. The fourth-order valence-corrected chi connectivity index (χ4v) is 2.59. The molecule has 0 N–H and O–H groups in total. The van der Waals surface area contributed by atoms with Crippen LogP contribution in [0.25, 0.3) is 0 Å². The molecule has 0 saturated carbocycles. The summed E-state index contributed by atoms with van der Waals surface area (Å²) in [6.45, 7) is 3.12. The molecule has 3 heterocycles. The molecule has 0 unspecified atom stereocenters. The lowest BCUT2D eigenvalue weighted by Gasteiger charge is -2.33. The maximum absolute atomic E-state index is 12.1. The fraction of sp³-hybridized carbons (Fsp3) is 0.583. The van der Waals surface area contributed by atoms with Gasteiger partial charge in [0.25, 0.3) is 5.91 Å². The number of hydrogen-bond acceptors (Lipinski definition) is 4. The maximum atomic E-state index is 12.1. The summed E-state index contributed by atoms with van der Waals surface area (Å²) in [6, 6.07) is 2.04. The Morgan fingerprint density at radius 3 is 3.06 bits per heavy atom. The lowest BCUT2D eigenvalue weighted by Crippen LogP contribution is -2.48. The molecule has 1 aromatic rings. The lowest BCUT2D eigenvalue weighted by molar-refractivity contribution is -0.0368. The van der Waals surface area contributed by atoms with Gasteiger partial charge in [0.2, 0.25) is 0 Å². The number of carbonyl (C=O) groups excluding carboxylic acids is 1. The first-order chi connectivity index (χ1) is 8.25. The van der Waals surface area contributed by atoms with Crippen LogP contribution >= 0.6 is 0 Å². The molecule has 2 atom stereocenters. The molecular formula is C12H16N2O3. The molecule has 2 saturated heterocycles. The van der Waals surface area contributed by atoms with Gasteiger partial charge in [0.15, 0.2) is 0 Å². The third-order valence-corrected chi connectivity index (χ3v) is 3.63. The molecule has 1 amide bonds. The topological polar surface area (TPSA) is 45.9 Å². The van der Waals surface area contributed by atoms with Crippen molar-refractivity contribution in [3.8, 4) is 0 Å². The summed E-state index contributed by atoms with van der Waals surface area (Å²) in [4.78, 5) is 16.3. The van der Waals surface area contributed by atoms with Crippen molar-refractivity contribution in [2.24, 2.45) is 0 Å². The van der Waals surface area contributed by atoms with E-state index in [4.69, 9.17) is 9.15 Å². The second kappa shape index (κ2) is 4.16. The number of hydrogen-bond donors (Lipinski definition) is 0. The van der Waals surface area contributed by atoms with E-state index in [1.165, 1.54) is 12.5 Å². The zero-order valence-corrected chi connectivity index (χ0v) is 9.83. The van der Waals surface area contributed by atoms with Gasteiger partial charge in [0.1, 0.15) is 6.26 Å². The fourth-order valence-electron chi connectivity index (χ4n) is 2.59. The van der Waals surface area contributed by atoms with Crippen LogP contribution < -0.4 is 0 Å². The monoisotopic (exact) mass is 236 g/mol. The minimum Gasteiger partial charge on any atom is -0.472 e. The van der Waals surface area contributed by atoms with Gasteiger partial charge in [0, 0.05) is 19.6 Å². The lowest BCUT2D eigenvalue weighted by atomic mass is 10.1. The van der Waals surface area contributed by atoms with E-state index in [1.807, 2.05) is 4.90 Å². The van der Waals surface area contributed by atoms with Crippen LogP contribution in [0, 0.1) is 0 Å². The van der Waals surface area contributed by atoms with Gasteiger partial charge in [-0.15, -0.1) is 0 Å². The molecule has 5 heteroatoms. The van der Waals surface area contributed by atoms with Crippen molar-refractivity contribution in [3.05, 3.63) is 24.2 Å². The Kier molecular flexibility index (Phi) is 2.64. The van der Waals surface area contributed by atoms with Crippen LogP contribution in [0.2, 0.25) is 0 Å². The van der Waals surface area contributed by atoms with Gasteiger partial charge in [-0.3, -0.25) is 9.69 Å². The SMILES string of the molecule is CN1CCO[C@H]2CN(C(=O)c3ccoc3)C[C@H]21. The minimum absolute atomic E-state index is 0.0325. The van der Waals surface area contributed by atoms with Gasteiger partial charge in [-0.1, -0.05) is 0 Å². The van der Waals surface area contributed by atoms with Crippen molar-refractivity contribution in [1.29, 1.82) is 0 Å².